The molecule has 1 aromatic carbocycles. The zero-order valence-electron chi connectivity index (χ0n) is 20.2. The Hall–Kier alpha value is -3.70. The number of methoxy groups -OCH3 is 1. The number of ether oxygens (including phenoxy) is 3. The summed E-state index contributed by atoms with van der Waals surface area (Å²) in [6.45, 7) is 0.678. The van der Waals surface area contributed by atoms with Crippen LogP contribution in [0, 0.1) is 11.3 Å². The number of hydrogen-bond donors (Lipinski definition) is 2. The molecule has 3 aromatic rings. The highest BCUT2D eigenvalue weighted by Crippen LogP contribution is 2.65. The highest BCUT2D eigenvalue weighted by molar-refractivity contribution is 7.55. The van der Waals surface area contributed by atoms with E-state index in [9.17, 15) is 19.7 Å². The third-order valence-electron chi connectivity index (χ3n) is 6.19. The molecule has 2 saturated heterocycles. The lowest BCUT2D eigenvalue weighted by atomic mass is 9.92. The third-order valence-corrected chi connectivity index (χ3v) is 7.63. The number of esters is 2. The molecule has 14 nitrogen and oxygen atoms in total. The van der Waals surface area contributed by atoms with Crippen LogP contribution in [0.25, 0.3) is 5.52 Å². The third kappa shape index (κ3) is 4.35. The molecule has 0 aliphatic carbocycles. The van der Waals surface area contributed by atoms with E-state index in [4.69, 9.17) is 33.5 Å². The summed E-state index contributed by atoms with van der Waals surface area (Å²) in [6.07, 6.45) is -2.20. The molecule has 4 heterocycles. The fourth-order valence-electron chi connectivity index (χ4n) is 4.49. The molecule has 0 spiro atoms. The number of benzene rings is 1. The van der Waals surface area contributed by atoms with E-state index in [0.717, 1.165) is 0 Å². The summed E-state index contributed by atoms with van der Waals surface area (Å²) in [6, 6.07) is 11.8. The molecular formula is C23H23N5O9P+. The largest absolute Gasteiger partial charge is 0.573 e. The standard InChI is InChI=1S/C23H23N5O9P/c1-13(29)35-20-19-17(36-23(20,11-24)18-8-7-16-21(25)26-12-27-28(16)18)10-34-38(31,37-19)33-9-14-5-3-4-6-15(14)22(30)32-2/h3-8,12,17,19-20,31H,9-10H2,1-2H3,(H2,25,26,27)/q+1/t17-,19-,20-,23+,38?/m1/s1. The molecule has 2 aliphatic rings. The number of fused-ring (bicyclic) bond motifs is 2. The van der Waals surface area contributed by atoms with Crippen LogP contribution in [0.4, 0.5) is 5.82 Å². The number of hydrogen-bond acceptors (Lipinski definition) is 13. The molecule has 0 bridgehead atoms. The molecule has 1 unspecified atom stereocenters. The molecular weight excluding hydrogens is 521 g/mol. The molecule has 5 rings (SSSR count). The zero-order chi connectivity index (χ0) is 27.1. The van der Waals surface area contributed by atoms with E-state index in [0.29, 0.717) is 11.1 Å². The van der Waals surface area contributed by atoms with Gasteiger partial charge in [0.2, 0.25) is 5.60 Å². The molecule has 198 valence electrons. The van der Waals surface area contributed by atoms with Crippen LogP contribution >= 0.6 is 8.17 Å². The van der Waals surface area contributed by atoms with Gasteiger partial charge in [-0.05, 0) is 23.8 Å². The van der Waals surface area contributed by atoms with Gasteiger partial charge in [0.05, 0.1) is 18.4 Å². The normalized spacial score (nSPS) is 28.4. The van der Waals surface area contributed by atoms with Crippen molar-refractivity contribution in [2.24, 2.45) is 0 Å². The van der Waals surface area contributed by atoms with Crippen molar-refractivity contribution in [1.82, 2.24) is 14.6 Å². The quantitative estimate of drug-likeness (QED) is 0.335. The second kappa shape index (κ2) is 9.88. The van der Waals surface area contributed by atoms with E-state index >= 15 is 0 Å². The van der Waals surface area contributed by atoms with Gasteiger partial charge in [0.15, 0.2) is 18.0 Å². The van der Waals surface area contributed by atoms with Crippen LogP contribution < -0.4 is 5.73 Å². The molecule has 0 saturated carbocycles. The molecule has 2 aromatic heterocycles. The lowest BCUT2D eigenvalue weighted by molar-refractivity contribution is -0.157. The van der Waals surface area contributed by atoms with E-state index < -0.39 is 44.0 Å². The number of rotatable bonds is 6. The van der Waals surface area contributed by atoms with Crippen molar-refractivity contribution in [1.29, 1.82) is 5.26 Å². The summed E-state index contributed by atoms with van der Waals surface area (Å²) < 4.78 is 34.8. The topological polar surface area (TPSA) is 190 Å². The minimum atomic E-state index is -4.02. The van der Waals surface area contributed by atoms with Gasteiger partial charge in [-0.2, -0.15) is 19.8 Å². The summed E-state index contributed by atoms with van der Waals surface area (Å²) in [7, 11) is -2.77. The van der Waals surface area contributed by atoms with Gasteiger partial charge in [-0.15, -0.1) is 9.05 Å². The smallest absolute Gasteiger partial charge is 0.465 e. The van der Waals surface area contributed by atoms with Gasteiger partial charge in [0.25, 0.3) is 0 Å². The number of carbonyl (C=O) groups excluding carboxylic acids is 2. The number of carbonyl (C=O) groups is 2. The molecule has 2 aliphatic heterocycles. The molecule has 38 heavy (non-hydrogen) atoms. The van der Waals surface area contributed by atoms with Gasteiger partial charge in [-0.3, -0.25) is 4.79 Å². The van der Waals surface area contributed by atoms with Gasteiger partial charge in [0.1, 0.15) is 37.2 Å². The Morgan fingerprint density at radius 3 is 2.87 bits per heavy atom. The van der Waals surface area contributed by atoms with Crippen molar-refractivity contribution in [2.45, 2.75) is 37.4 Å². The Morgan fingerprint density at radius 2 is 2.13 bits per heavy atom. The van der Waals surface area contributed by atoms with Crippen LogP contribution in [-0.2, 0) is 44.8 Å². The van der Waals surface area contributed by atoms with Crippen molar-refractivity contribution in [2.75, 3.05) is 19.5 Å². The van der Waals surface area contributed by atoms with E-state index in [-0.39, 0.29) is 30.3 Å². The number of anilines is 1. The Labute approximate surface area is 216 Å². The highest BCUT2D eigenvalue weighted by atomic mass is 31.2. The molecule has 2 fully saturated rings. The first-order chi connectivity index (χ1) is 18.2. The van der Waals surface area contributed by atoms with Crippen LogP contribution in [0.15, 0.2) is 42.7 Å². The summed E-state index contributed by atoms with van der Waals surface area (Å²) in [5.41, 5.74) is 5.32. The van der Waals surface area contributed by atoms with Crippen molar-refractivity contribution in [3.8, 4) is 6.07 Å². The lowest BCUT2D eigenvalue weighted by Crippen LogP contribution is -2.46. The van der Waals surface area contributed by atoms with Gasteiger partial charge in [0, 0.05) is 6.92 Å². The van der Waals surface area contributed by atoms with Crippen LogP contribution in [0.3, 0.4) is 0 Å². The maximum absolute atomic E-state index is 12.1. The molecule has 3 N–H and O–H groups in total. The van der Waals surface area contributed by atoms with Crippen LogP contribution in [0.2, 0.25) is 0 Å². The second-order valence-electron chi connectivity index (χ2n) is 8.45. The SMILES string of the molecule is COC(=O)c1ccccc1CO[P+]1(O)OC[C@H]2O[C@@](C#N)(c3ccc4c(N)ncnn34)[C@H](OC(C)=O)[C@@H]2O1. The van der Waals surface area contributed by atoms with Gasteiger partial charge in [-0.1, -0.05) is 18.2 Å². The fourth-order valence-corrected chi connectivity index (χ4v) is 5.88. The minimum Gasteiger partial charge on any atom is -0.465 e. The average molecular weight is 544 g/mol. The number of nitrogens with zero attached hydrogens (tertiary/aromatic N) is 4. The van der Waals surface area contributed by atoms with Crippen LogP contribution in [0.1, 0.15) is 28.5 Å². The first-order valence-electron chi connectivity index (χ1n) is 11.3. The number of aromatic nitrogens is 3. The number of nitriles is 1. The number of nitrogens with two attached hydrogens (primary N) is 1. The fraction of sp³-hybridized carbons (Fsp3) is 0.348. The van der Waals surface area contributed by atoms with Gasteiger partial charge >= 0.3 is 20.1 Å². The maximum Gasteiger partial charge on any atom is 0.573 e. The highest BCUT2D eigenvalue weighted by Gasteiger charge is 2.69. The molecule has 0 amide bonds. The van der Waals surface area contributed by atoms with E-state index in [1.165, 1.54) is 24.9 Å². The van der Waals surface area contributed by atoms with Crippen LogP contribution in [0.5, 0.6) is 0 Å². The van der Waals surface area contributed by atoms with Gasteiger partial charge in [-0.25, -0.2) is 14.3 Å². The van der Waals surface area contributed by atoms with Crippen molar-refractivity contribution in [3.63, 3.8) is 0 Å². The lowest BCUT2D eigenvalue weighted by Gasteiger charge is -2.29. The van der Waals surface area contributed by atoms with Crippen molar-refractivity contribution in [3.05, 3.63) is 59.5 Å². The first kappa shape index (κ1) is 25.9. The first-order valence-corrected chi connectivity index (χ1v) is 12.8. The Morgan fingerprint density at radius 1 is 1.34 bits per heavy atom. The van der Waals surface area contributed by atoms with Crippen molar-refractivity contribution < 1.29 is 42.3 Å². The predicted octanol–water partition coefficient (Wildman–Crippen LogP) is 1.45. The predicted molar refractivity (Wildman–Crippen MR) is 128 cm³/mol. The van der Waals surface area contributed by atoms with E-state index in [1.54, 1.807) is 36.4 Å². The summed E-state index contributed by atoms with van der Waals surface area (Å²) in [5, 5.41) is 14.5. The van der Waals surface area contributed by atoms with Crippen LogP contribution in [-0.4, -0.2) is 63.5 Å². The Balaban J connectivity index is 1.46. The molecule has 5 atom stereocenters. The zero-order valence-corrected chi connectivity index (χ0v) is 21.1. The Bertz CT molecular complexity index is 1440. The maximum atomic E-state index is 12.1. The molecule has 0 radical (unpaired) electrons. The minimum absolute atomic E-state index is 0.166. The Kier molecular flexibility index (Phi) is 6.74. The van der Waals surface area contributed by atoms with E-state index in [2.05, 4.69) is 16.2 Å². The second-order valence-corrected chi connectivity index (χ2v) is 10.1. The van der Waals surface area contributed by atoms with E-state index in [1.807, 2.05) is 0 Å². The summed E-state index contributed by atoms with van der Waals surface area (Å²) >= 11 is 0. The van der Waals surface area contributed by atoms with Gasteiger partial charge < -0.3 is 19.9 Å². The summed E-state index contributed by atoms with van der Waals surface area (Å²) in [5.74, 6) is -1.13. The summed E-state index contributed by atoms with van der Waals surface area (Å²) in [4.78, 5) is 39.2. The number of nitrogen functional groups attached to an aromatic ring is 1. The average Bonchev–Trinajstić information content (AvgIpc) is 3.48. The molecule has 15 heteroatoms. The van der Waals surface area contributed by atoms with Crippen molar-refractivity contribution >= 4 is 31.4 Å². The monoisotopic (exact) mass is 544 g/mol.